The summed E-state index contributed by atoms with van der Waals surface area (Å²) in [6.07, 6.45) is 5.17. The van der Waals surface area contributed by atoms with Crippen LogP contribution < -0.4 is 5.59 Å². The summed E-state index contributed by atoms with van der Waals surface area (Å²) in [6, 6.07) is 0. The number of ether oxygens (including phenoxy) is 1. The minimum Gasteiger partial charge on any atom is -0.398 e. The summed E-state index contributed by atoms with van der Waals surface area (Å²) >= 11 is 0. The minimum atomic E-state index is -0.386. The summed E-state index contributed by atoms with van der Waals surface area (Å²) in [5.41, 5.74) is 1.39. The van der Waals surface area contributed by atoms with Crippen molar-refractivity contribution in [3.63, 3.8) is 0 Å². The highest BCUT2D eigenvalue weighted by molar-refractivity contribution is 6.61. The zero-order valence-electron chi connectivity index (χ0n) is 13.7. The van der Waals surface area contributed by atoms with Crippen LogP contribution in [0.3, 0.4) is 0 Å². The van der Waals surface area contributed by atoms with E-state index in [-0.39, 0.29) is 24.5 Å². The van der Waals surface area contributed by atoms with Gasteiger partial charge in [0.1, 0.15) is 6.23 Å². The van der Waals surface area contributed by atoms with Crippen molar-refractivity contribution in [2.45, 2.75) is 71.3 Å². The van der Waals surface area contributed by atoms with E-state index in [1.807, 2.05) is 17.8 Å². The van der Waals surface area contributed by atoms with Gasteiger partial charge in [-0.25, -0.2) is 4.68 Å². The van der Waals surface area contributed by atoms with Gasteiger partial charge < -0.3 is 14.0 Å². The SMILES string of the molecule is Cc1cnn([C@H]2CCCCO2)c1B1OC(C)(C)C(C)(C)O1. The standard InChI is InChI=1S/C15H25BN2O3/c1-11-10-17-18(12-8-6-7-9-19-12)13(11)16-20-14(2,3)15(4,5)21-16/h10,12H,6-9H2,1-5H3/t12-/m1/s1. The molecule has 0 bridgehead atoms. The van der Waals surface area contributed by atoms with Crippen molar-refractivity contribution in [2.75, 3.05) is 6.61 Å². The minimum absolute atomic E-state index is 0.00137. The smallest absolute Gasteiger partial charge is 0.398 e. The van der Waals surface area contributed by atoms with Gasteiger partial charge in [-0.15, -0.1) is 0 Å². The van der Waals surface area contributed by atoms with Crippen LogP contribution in [-0.4, -0.2) is 34.7 Å². The molecular weight excluding hydrogens is 267 g/mol. The Bertz CT molecular complexity index is 505. The van der Waals surface area contributed by atoms with E-state index in [1.54, 1.807) is 0 Å². The van der Waals surface area contributed by atoms with Gasteiger partial charge in [0, 0.05) is 6.61 Å². The number of rotatable bonds is 2. The second kappa shape index (κ2) is 5.11. The van der Waals surface area contributed by atoms with Gasteiger partial charge >= 0.3 is 7.12 Å². The first kappa shape index (κ1) is 15.1. The van der Waals surface area contributed by atoms with Crippen LogP contribution in [0.25, 0.3) is 0 Å². The van der Waals surface area contributed by atoms with Crippen LogP contribution in [-0.2, 0) is 14.0 Å². The third-order valence-electron chi connectivity index (χ3n) is 4.93. The van der Waals surface area contributed by atoms with Crippen molar-refractivity contribution >= 4 is 12.7 Å². The van der Waals surface area contributed by atoms with Crippen molar-refractivity contribution in [3.05, 3.63) is 11.8 Å². The Morgan fingerprint density at radius 1 is 1.19 bits per heavy atom. The summed E-state index contributed by atoms with van der Waals surface area (Å²) in [7, 11) is -0.386. The third kappa shape index (κ3) is 2.54. The number of aryl methyl sites for hydroxylation is 1. The predicted molar refractivity (Wildman–Crippen MR) is 81.5 cm³/mol. The van der Waals surface area contributed by atoms with E-state index < -0.39 is 0 Å². The Balaban J connectivity index is 1.91. The van der Waals surface area contributed by atoms with E-state index in [0.717, 1.165) is 30.6 Å². The van der Waals surface area contributed by atoms with Gasteiger partial charge in [-0.2, -0.15) is 5.10 Å². The van der Waals surface area contributed by atoms with Gasteiger partial charge in [0.15, 0.2) is 0 Å². The molecule has 0 N–H and O–H groups in total. The third-order valence-corrected chi connectivity index (χ3v) is 4.93. The first-order valence-electron chi connectivity index (χ1n) is 7.83. The number of hydrogen-bond acceptors (Lipinski definition) is 4. The molecule has 0 amide bonds. The van der Waals surface area contributed by atoms with Crippen molar-refractivity contribution in [2.24, 2.45) is 0 Å². The molecule has 3 rings (SSSR count). The van der Waals surface area contributed by atoms with Gasteiger partial charge in [0.2, 0.25) is 0 Å². The first-order chi connectivity index (χ1) is 9.82. The normalized spacial score (nSPS) is 28.0. The summed E-state index contributed by atoms with van der Waals surface area (Å²) in [5, 5.41) is 4.51. The molecule has 0 unspecified atom stereocenters. The van der Waals surface area contributed by atoms with Crippen molar-refractivity contribution in [1.29, 1.82) is 0 Å². The van der Waals surface area contributed by atoms with Crippen LogP contribution in [0, 0.1) is 6.92 Å². The maximum Gasteiger partial charge on any atom is 0.514 e. The molecule has 0 spiro atoms. The van der Waals surface area contributed by atoms with E-state index >= 15 is 0 Å². The van der Waals surface area contributed by atoms with E-state index in [2.05, 4.69) is 32.8 Å². The summed E-state index contributed by atoms with van der Waals surface area (Å²) in [5.74, 6) is 0. The van der Waals surface area contributed by atoms with Gasteiger partial charge in [-0.1, -0.05) is 0 Å². The molecule has 5 nitrogen and oxygen atoms in total. The quantitative estimate of drug-likeness (QED) is 0.784. The van der Waals surface area contributed by atoms with Gasteiger partial charge in [0.05, 0.1) is 23.0 Å². The Kier molecular flexibility index (Phi) is 3.67. The molecule has 0 radical (unpaired) electrons. The van der Waals surface area contributed by atoms with E-state index in [1.165, 1.54) is 6.42 Å². The molecule has 116 valence electrons. The van der Waals surface area contributed by atoms with Gasteiger partial charge in [-0.05, 0) is 59.4 Å². The summed E-state index contributed by atoms with van der Waals surface area (Å²) in [6.45, 7) is 11.1. The van der Waals surface area contributed by atoms with Crippen LogP contribution >= 0.6 is 0 Å². The lowest BCUT2D eigenvalue weighted by molar-refractivity contribution is -0.0380. The molecule has 1 aromatic heterocycles. The topological polar surface area (TPSA) is 45.5 Å². The lowest BCUT2D eigenvalue weighted by Crippen LogP contribution is -2.43. The highest BCUT2D eigenvalue weighted by atomic mass is 16.7. The Labute approximate surface area is 127 Å². The zero-order chi connectivity index (χ0) is 15.3. The molecule has 2 aliphatic rings. The molecule has 0 saturated carbocycles. The molecule has 2 saturated heterocycles. The van der Waals surface area contributed by atoms with E-state index in [9.17, 15) is 0 Å². The van der Waals surface area contributed by atoms with Crippen LogP contribution in [0.15, 0.2) is 6.20 Å². The highest BCUT2D eigenvalue weighted by Gasteiger charge is 2.53. The Morgan fingerprint density at radius 2 is 1.86 bits per heavy atom. The summed E-state index contributed by atoms with van der Waals surface area (Å²) in [4.78, 5) is 0. The number of hydrogen-bond donors (Lipinski definition) is 0. The Morgan fingerprint density at radius 3 is 2.43 bits per heavy atom. The lowest BCUT2D eigenvalue weighted by atomic mass is 9.82. The average Bonchev–Trinajstić information content (AvgIpc) is 2.89. The molecular formula is C15H25BN2O3. The van der Waals surface area contributed by atoms with Crippen LogP contribution in [0.1, 0.15) is 58.7 Å². The number of nitrogens with zero attached hydrogens (tertiary/aromatic N) is 2. The van der Waals surface area contributed by atoms with E-state index in [4.69, 9.17) is 14.0 Å². The van der Waals surface area contributed by atoms with Crippen LogP contribution in [0.2, 0.25) is 0 Å². The molecule has 0 aromatic carbocycles. The monoisotopic (exact) mass is 292 g/mol. The molecule has 3 heterocycles. The van der Waals surface area contributed by atoms with Gasteiger partial charge in [-0.3, -0.25) is 0 Å². The molecule has 1 atom stereocenters. The maximum atomic E-state index is 6.18. The van der Waals surface area contributed by atoms with Crippen LogP contribution in [0.5, 0.6) is 0 Å². The second-order valence-corrected chi connectivity index (χ2v) is 7.07. The largest absolute Gasteiger partial charge is 0.514 e. The zero-order valence-corrected chi connectivity index (χ0v) is 13.7. The Hall–Kier alpha value is -0.845. The fourth-order valence-electron chi connectivity index (χ4n) is 2.85. The molecule has 2 aliphatic heterocycles. The number of aromatic nitrogens is 2. The lowest BCUT2D eigenvalue weighted by Gasteiger charge is -2.32. The fraction of sp³-hybridized carbons (Fsp3) is 0.800. The van der Waals surface area contributed by atoms with Crippen LogP contribution in [0.4, 0.5) is 0 Å². The van der Waals surface area contributed by atoms with Crippen molar-refractivity contribution < 1.29 is 14.0 Å². The first-order valence-corrected chi connectivity index (χ1v) is 7.83. The molecule has 21 heavy (non-hydrogen) atoms. The second-order valence-electron chi connectivity index (χ2n) is 7.07. The molecule has 2 fully saturated rings. The summed E-state index contributed by atoms with van der Waals surface area (Å²) < 4.78 is 20.2. The predicted octanol–water partition coefficient (Wildman–Crippen LogP) is 2.19. The van der Waals surface area contributed by atoms with Crippen molar-refractivity contribution in [3.8, 4) is 0 Å². The highest BCUT2D eigenvalue weighted by Crippen LogP contribution is 2.37. The molecule has 0 aliphatic carbocycles. The fourth-order valence-corrected chi connectivity index (χ4v) is 2.85. The van der Waals surface area contributed by atoms with E-state index in [0.29, 0.717) is 0 Å². The molecule has 6 heteroatoms. The van der Waals surface area contributed by atoms with Gasteiger partial charge in [0.25, 0.3) is 0 Å². The molecule has 1 aromatic rings. The van der Waals surface area contributed by atoms with Crippen molar-refractivity contribution in [1.82, 2.24) is 9.78 Å². The maximum absolute atomic E-state index is 6.18. The average molecular weight is 292 g/mol.